The fourth-order valence-corrected chi connectivity index (χ4v) is 2.05. The van der Waals surface area contributed by atoms with Crippen LogP contribution in [0.2, 0.25) is 5.02 Å². The van der Waals surface area contributed by atoms with Gasteiger partial charge in [0.25, 0.3) is 5.91 Å². The lowest BCUT2D eigenvalue weighted by molar-refractivity contribution is -0.139. The molecular formula is C13H19ClN2O3. The molecule has 5 nitrogen and oxygen atoms in total. The van der Waals surface area contributed by atoms with Crippen molar-refractivity contribution in [2.24, 2.45) is 0 Å². The SMILES string of the molecule is CCCC[C@H](NC(=O)c1cc(Cl)cn1CC)C(=O)O. The zero-order valence-corrected chi connectivity index (χ0v) is 11.9. The molecule has 0 unspecified atom stereocenters. The Morgan fingerprint density at radius 1 is 1.47 bits per heavy atom. The fraction of sp³-hybridized carbons (Fsp3) is 0.538. The van der Waals surface area contributed by atoms with Crippen molar-refractivity contribution in [1.82, 2.24) is 9.88 Å². The number of aromatic nitrogens is 1. The summed E-state index contributed by atoms with van der Waals surface area (Å²) >= 11 is 5.85. The van der Waals surface area contributed by atoms with Gasteiger partial charge in [0.2, 0.25) is 0 Å². The van der Waals surface area contributed by atoms with Gasteiger partial charge in [0.05, 0.1) is 5.02 Å². The van der Waals surface area contributed by atoms with Crippen LogP contribution in [0.5, 0.6) is 0 Å². The third-order valence-electron chi connectivity index (χ3n) is 2.89. The summed E-state index contributed by atoms with van der Waals surface area (Å²) in [6.07, 6.45) is 3.72. The van der Waals surface area contributed by atoms with Crippen LogP contribution in [0.3, 0.4) is 0 Å². The third-order valence-corrected chi connectivity index (χ3v) is 3.09. The van der Waals surface area contributed by atoms with Crippen molar-refractivity contribution in [3.05, 3.63) is 23.0 Å². The van der Waals surface area contributed by atoms with E-state index in [0.717, 1.165) is 12.8 Å². The summed E-state index contributed by atoms with van der Waals surface area (Å²) in [5, 5.41) is 12.1. The number of carbonyl (C=O) groups excluding carboxylic acids is 1. The average molecular weight is 287 g/mol. The van der Waals surface area contributed by atoms with Crippen LogP contribution in [0.1, 0.15) is 43.6 Å². The van der Waals surface area contributed by atoms with Crippen LogP contribution >= 0.6 is 11.6 Å². The zero-order valence-electron chi connectivity index (χ0n) is 11.1. The summed E-state index contributed by atoms with van der Waals surface area (Å²) in [6.45, 7) is 4.46. The van der Waals surface area contributed by atoms with E-state index in [9.17, 15) is 9.59 Å². The second-order valence-corrected chi connectivity index (χ2v) is 4.77. The van der Waals surface area contributed by atoms with E-state index in [1.807, 2.05) is 13.8 Å². The van der Waals surface area contributed by atoms with E-state index in [2.05, 4.69) is 5.32 Å². The normalized spacial score (nSPS) is 12.2. The molecule has 0 bridgehead atoms. The lowest BCUT2D eigenvalue weighted by Gasteiger charge is -2.14. The van der Waals surface area contributed by atoms with Crippen LogP contribution in [0.15, 0.2) is 12.3 Å². The number of unbranched alkanes of at least 4 members (excludes halogenated alkanes) is 1. The lowest BCUT2D eigenvalue weighted by atomic mass is 10.1. The quantitative estimate of drug-likeness (QED) is 0.809. The Labute approximate surface area is 117 Å². The molecule has 1 rings (SSSR count). The van der Waals surface area contributed by atoms with Gasteiger partial charge in [-0.25, -0.2) is 4.79 Å². The van der Waals surface area contributed by atoms with Crippen molar-refractivity contribution in [3.63, 3.8) is 0 Å². The summed E-state index contributed by atoms with van der Waals surface area (Å²) in [7, 11) is 0. The van der Waals surface area contributed by atoms with Crippen molar-refractivity contribution < 1.29 is 14.7 Å². The Morgan fingerprint density at radius 3 is 2.68 bits per heavy atom. The molecule has 0 saturated carbocycles. The molecule has 2 N–H and O–H groups in total. The zero-order chi connectivity index (χ0) is 14.4. The molecule has 19 heavy (non-hydrogen) atoms. The number of carboxylic acids is 1. The number of nitrogens with one attached hydrogen (secondary N) is 1. The van der Waals surface area contributed by atoms with E-state index in [4.69, 9.17) is 16.7 Å². The number of nitrogens with zero attached hydrogens (tertiary/aromatic N) is 1. The minimum absolute atomic E-state index is 0.384. The highest BCUT2D eigenvalue weighted by molar-refractivity contribution is 6.31. The summed E-state index contributed by atoms with van der Waals surface area (Å²) in [5.74, 6) is -1.42. The van der Waals surface area contributed by atoms with Gasteiger partial charge in [-0.2, -0.15) is 0 Å². The van der Waals surface area contributed by atoms with Gasteiger partial charge >= 0.3 is 5.97 Å². The first-order valence-corrected chi connectivity index (χ1v) is 6.76. The second-order valence-electron chi connectivity index (χ2n) is 4.34. The lowest BCUT2D eigenvalue weighted by Crippen LogP contribution is -2.41. The maximum absolute atomic E-state index is 12.1. The van der Waals surface area contributed by atoms with E-state index in [0.29, 0.717) is 23.7 Å². The van der Waals surface area contributed by atoms with E-state index in [-0.39, 0.29) is 0 Å². The van der Waals surface area contributed by atoms with E-state index < -0.39 is 17.9 Å². The van der Waals surface area contributed by atoms with Gasteiger partial charge in [-0.3, -0.25) is 4.79 Å². The van der Waals surface area contributed by atoms with Gasteiger partial charge in [0, 0.05) is 12.7 Å². The molecule has 106 valence electrons. The number of aryl methyl sites for hydroxylation is 1. The Hall–Kier alpha value is -1.49. The smallest absolute Gasteiger partial charge is 0.326 e. The molecule has 0 aliphatic heterocycles. The second kappa shape index (κ2) is 7.19. The molecule has 1 aromatic rings. The van der Waals surface area contributed by atoms with Crippen LogP contribution in [0.4, 0.5) is 0 Å². The van der Waals surface area contributed by atoms with Crippen LogP contribution in [0.25, 0.3) is 0 Å². The first kappa shape index (κ1) is 15.6. The van der Waals surface area contributed by atoms with Crippen molar-refractivity contribution in [3.8, 4) is 0 Å². The number of rotatable bonds is 7. The molecule has 1 heterocycles. The monoisotopic (exact) mass is 286 g/mol. The van der Waals surface area contributed by atoms with E-state index in [1.165, 1.54) is 0 Å². The van der Waals surface area contributed by atoms with Crippen LogP contribution < -0.4 is 5.32 Å². The van der Waals surface area contributed by atoms with Crippen molar-refractivity contribution >= 4 is 23.5 Å². The first-order chi connectivity index (χ1) is 8.99. The number of halogens is 1. The highest BCUT2D eigenvalue weighted by Gasteiger charge is 2.21. The molecule has 0 spiro atoms. The maximum Gasteiger partial charge on any atom is 0.326 e. The van der Waals surface area contributed by atoms with Gasteiger partial charge < -0.3 is 15.0 Å². The van der Waals surface area contributed by atoms with Crippen LogP contribution in [-0.4, -0.2) is 27.6 Å². The fourth-order valence-electron chi connectivity index (χ4n) is 1.82. The van der Waals surface area contributed by atoms with Crippen molar-refractivity contribution in [2.45, 2.75) is 45.7 Å². The molecule has 0 aromatic carbocycles. The van der Waals surface area contributed by atoms with Crippen LogP contribution in [0, 0.1) is 0 Å². The predicted molar refractivity (Wildman–Crippen MR) is 73.5 cm³/mol. The standard InChI is InChI=1S/C13H19ClN2O3/c1-3-5-6-10(13(18)19)15-12(17)11-7-9(14)8-16(11)4-2/h7-8,10H,3-6H2,1-2H3,(H,15,17)(H,18,19)/t10-/m0/s1. The molecule has 1 aromatic heterocycles. The van der Waals surface area contributed by atoms with E-state index in [1.54, 1.807) is 16.8 Å². The number of carboxylic acid groups (broad SMARTS) is 1. The molecule has 1 atom stereocenters. The van der Waals surface area contributed by atoms with Gasteiger partial charge in [-0.15, -0.1) is 0 Å². The number of amides is 1. The highest BCUT2D eigenvalue weighted by atomic mass is 35.5. The topological polar surface area (TPSA) is 71.3 Å². The Balaban J connectivity index is 2.78. The minimum atomic E-state index is -1.01. The molecule has 1 amide bonds. The van der Waals surface area contributed by atoms with Gasteiger partial charge in [-0.05, 0) is 19.4 Å². The summed E-state index contributed by atoms with van der Waals surface area (Å²) in [5.41, 5.74) is 0.384. The van der Waals surface area contributed by atoms with Gasteiger partial charge in [0.1, 0.15) is 11.7 Å². The minimum Gasteiger partial charge on any atom is -0.480 e. The molecule has 0 aliphatic rings. The van der Waals surface area contributed by atoms with Crippen molar-refractivity contribution in [1.29, 1.82) is 0 Å². The summed E-state index contributed by atoms with van der Waals surface area (Å²) in [4.78, 5) is 23.1. The Bertz CT molecular complexity index is 457. The molecule has 0 radical (unpaired) electrons. The summed E-state index contributed by atoms with van der Waals surface area (Å²) in [6, 6.07) is 0.686. The average Bonchev–Trinajstić information content (AvgIpc) is 2.75. The Kier molecular flexibility index (Phi) is 5.89. The Morgan fingerprint density at radius 2 is 2.16 bits per heavy atom. The molecule has 0 fully saturated rings. The molecule has 6 heteroatoms. The molecule has 0 saturated heterocycles. The number of carbonyl (C=O) groups is 2. The van der Waals surface area contributed by atoms with E-state index >= 15 is 0 Å². The highest BCUT2D eigenvalue weighted by Crippen LogP contribution is 2.14. The van der Waals surface area contributed by atoms with Gasteiger partial charge in [0.15, 0.2) is 0 Å². The molecule has 0 aliphatic carbocycles. The molecular weight excluding hydrogens is 268 g/mol. The predicted octanol–water partition coefficient (Wildman–Crippen LogP) is 2.53. The van der Waals surface area contributed by atoms with Gasteiger partial charge in [-0.1, -0.05) is 31.4 Å². The first-order valence-electron chi connectivity index (χ1n) is 6.38. The number of aliphatic carboxylic acids is 1. The third kappa shape index (κ3) is 4.28. The number of hydrogen-bond acceptors (Lipinski definition) is 2. The maximum atomic E-state index is 12.1. The van der Waals surface area contributed by atoms with Crippen molar-refractivity contribution in [2.75, 3.05) is 0 Å². The van der Waals surface area contributed by atoms with Crippen LogP contribution in [-0.2, 0) is 11.3 Å². The number of hydrogen-bond donors (Lipinski definition) is 2. The summed E-state index contributed by atoms with van der Waals surface area (Å²) < 4.78 is 1.69. The largest absolute Gasteiger partial charge is 0.480 e.